The van der Waals surface area contributed by atoms with Crippen LogP contribution in [0.2, 0.25) is 0 Å². The molecule has 0 aromatic heterocycles. The summed E-state index contributed by atoms with van der Waals surface area (Å²) in [6.45, 7) is 2.22. The number of rotatable bonds is 3. The van der Waals surface area contributed by atoms with Crippen LogP contribution in [0.3, 0.4) is 0 Å². The first-order chi connectivity index (χ1) is 8.56. The lowest BCUT2D eigenvalue weighted by Gasteiger charge is -2.09. The highest BCUT2D eigenvalue weighted by molar-refractivity contribution is 5.44. The molecule has 0 radical (unpaired) electrons. The molecule has 0 bridgehead atoms. The van der Waals surface area contributed by atoms with Crippen LogP contribution in [0.1, 0.15) is 11.1 Å². The Kier molecular flexibility index (Phi) is 3.55. The van der Waals surface area contributed by atoms with Crippen LogP contribution in [0.4, 0.5) is 18.9 Å². The topological polar surface area (TPSA) is 12.0 Å². The van der Waals surface area contributed by atoms with Crippen molar-refractivity contribution in [3.63, 3.8) is 0 Å². The van der Waals surface area contributed by atoms with E-state index in [9.17, 15) is 13.2 Å². The summed E-state index contributed by atoms with van der Waals surface area (Å²) < 4.78 is 38.6. The average Bonchev–Trinajstić information content (AvgIpc) is 2.32. The largest absolute Gasteiger partial charge is 0.381 e. The molecule has 0 aliphatic heterocycles. The highest BCUT2D eigenvalue weighted by Gasteiger charge is 2.03. The summed E-state index contributed by atoms with van der Waals surface area (Å²) in [5.74, 6) is -2.06. The van der Waals surface area contributed by atoms with E-state index in [1.807, 2.05) is 0 Å². The quantitative estimate of drug-likeness (QED) is 0.868. The summed E-state index contributed by atoms with van der Waals surface area (Å²) >= 11 is 0. The van der Waals surface area contributed by atoms with E-state index < -0.39 is 11.6 Å². The molecule has 0 spiro atoms. The first kappa shape index (κ1) is 12.5. The minimum atomic E-state index is -0.893. The van der Waals surface area contributed by atoms with Crippen molar-refractivity contribution in [3.8, 4) is 0 Å². The summed E-state index contributed by atoms with van der Waals surface area (Å²) in [7, 11) is 0. The Hall–Kier alpha value is -1.97. The van der Waals surface area contributed by atoms with E-state index in [2.05, 4.69) is 5.32 Å². The molecule has 0 unspecified atom stereocenters. The van der Waals surface area contributed by atoms with Crippen LogP contribution in [-0.4, -0.2) is 0 Å². The molecule has 0 aliphatic carbocycles. The van der Waals surface area contributed by atoms with E-state index in [0.29, 0.717) is 12.2 Å². The van der Waals surface area contributed by atoms with Crippen LogP contribution in [0, 0.1) is 24.4 Å². The van der Waals surface area contributed by atoms with E-state index >= 15 is 0 Å². The van der Waals surface area contributed by atoms with Gasteiger partial charge in [0.05, 0.1) is 0 Å². The van der Waals surface area contributed by atoms with Gasteiger partial charge in [0.1, 0.15) is 5.82 Å². The zero-order valence-corrected chi connectivity index (χ0v) is 9.81. The molecule has 2 aromatic rings. The van der Waals surface area contributed by atoms with Gasteiger partial charge in [0, 0.05) is 18.3 Å². The molecule has 0 atom stereocenters. The molecule has 94 valence electrons. The second kappa shape index (κ2) is 5.12. The molecule has 0 heterocycles. The maximum Gasteiger partial charge on any atom is 0.160 e. The van der Waals surface area contributed by atoms with Crippen molar-refractivity contribution in [1.29, 1.82) is 0 Å². The van der Waals surface area contributed by atoms with Crippen molar-refractivity contribution < 1.29 is 13.2 Å². The van der Waals surface area contributed by atoms with Crippen LogP contribution < -0.4 is 5.32 Å². The Morgan fingerprint density at radius 1 is 0.944 bits per heavy atom. The number of benzene rings is 2. The average molecular weight is 251 g/mol. The van der Waals surface area contributed by atoms with Crippen molar-refractivity contribution in [3.05, 3.63) is 65.0 Å². The van der Waals surface area contributed by atoms with E-state index in [4.69, 9.17) is 0 Å². The number of aryl methyl sites for hydroxylation is 1. The summed E-state index contributed by atoms with van der Waals surface area (Å²) in [5, 5.41) is 2.96. The number of hydrogen-bond acceptors (Lipinski definition) is 1. The summed E-state index contributed by atoms with van der Waals surface area (Å²) in [4.78, 5) is 0. The van der Waals surface area contributed by atoms with E-state index in [0.717, 1.165) is 23.3 Å². The number of anilines is 1. The molecule has 2 rings (SSSR count). The van der Waals surface area contributed by atoms with Gasteiger partial charge < -0.3 is 5.32 Å². The van der Waals surface area contributed by atoms with E-state index in [1.165, 1.54) is 18.2 Å². The SMILES string of the molecule is Cc1cc(F)ccc1CNc1ccc(F)c(F)c1. The molecule has 1 nitrogen and oxygen atoms in total. The Morgan fingerprint density at radius 3 is 2.39 bits per heavy atom. The zero-order chi connectivity index (χ0) is 13.1. The number of nitrogens with one attached hydrogen (secondary N) is 1. The predicted octanol–water partition coefficient (Wildman–Crippen LogP) is 4.02. The maximum atomic E-state index is 13.0. The molecule has 0 aliphatic rings. The van der Waals surface area contributed by atoms with Gasteiger partial charge in [0.25, 0.3) is 0 Å². The van der Waals surface area contributed by atoms with Crippen molar-refractivity contribution >= 4 is 5.69 Å². The maximum absolute atomic E-state index is 13.0. The third-order valence-electron chi connectivity index (χ3n) is 2.71. The van der Waals surface area contributed by atoms with Gasteiger partial charge in [-0.1, -0.05) is 6.07 Å². The lowest BCUT2D eigenvalue weighted by molar-refractivity contribution is 0.509. The first-order valence-electron chi connectivity index (χ1n) is 5.50. The second-order valence-corrected chi connectivity index (χ2v) is 4.05. The van der Waals surface area contributed by atoms with Gasteiger partial charge >= 0.3 is 0 Å². The van der Waals surface area contributed by atoms with Crippen molar-refractivity contribution in [1.82, 2.24) is 0 Å². The van der Waals surface area contributed by atoms with Crippen LogP contribution in [0.25, 0.3) is 0 Å². The molecule has 0 saturated carbocycles. The lowest BCUT2D eigenvalue weighted by atomic mass is 10.1. The third kappa shape index (κ3) is 2.83. The lowest BCUT2D eigenvalue weighted by Crippen LogP contribution is -2.02. The van der Waals surface area contributed by atoms with Crippen molar-refractivity contribution in [2.45, 2.75) is 13.5 Å². The van der Waals surface area contributed by atoms with Gasteiger partial charge in [0.15, 0.2) is 11.6 Å². The summed E-state index contributed by atoms with van der Waals surface area (Å²) in [5.41, 5.74) is 2.20. The Balaban J connectivity index is 2.09. The zero-order valence-electron chi connectivity index (χ0n) is 9.81. The molecule has 0 saturated heterocycles. The number of hydrogen-bond donors (Lipinski definition) is 1. The van der Waals surface area contributed by atoms with E-state index in [-0.39, 0.29) is 5.82 Å². The summed E-state index contributed by atoms with van der Waals surface area (Å²) in [6, 6.07) is 8.08. The fourth-order valence-electron chi connectivity index (χ4n) is 1.66. The molecule has 18 heavy (non-hydrogen) atoms. The monoisotopic (exact) mass is 251 g/mol. The molecule has 0 amide bonds. The highest BCUT2D eigenvalue weighted by Crippen LogP contribution is 2.16. The molecule has 2 aromatic carbocycles. The fourth-order valence-corrected chi connectivity index (χ4v) is 1.66. The Labute approximate surface area is 103 Å². The number of halogens is 3. The molecular weight excluding hydrogens is 239 g/mol. The first-order valence-corrected chi connectivity index (χ1v) is 5.50. The van der Waals surface area contributed by atoms with Gasteiger partial charge in [-0.3, -0.25) is 0 Å². The Morgan fingerprint density at radius 2 is 1.72 bits per heavy atom. The van der Waals surface area contributed by atoms with Crippen molar-refractivity contribution in [2.75, 3.05) is 5.32 Å². The molecule has 1 N–H and O–H groups in total. The molecule has 0 fully saturated rings. The predicted molar refractivity (Wildman–Crippen MR) is 64.8 cm³/mol. The Bertz CT molecular complexity index is 567. The van der Waals surface area contributed by atoms with Crippen molar-refractivity contribution in [2.24, 2.45) is 0 Å². The third-order valence-corrected chi connectivity index (χ3v) is 2.71. The normalized spacial score (nSPS) is 10.4. The minimum Gasteiger partial charge on any atom is -0.381 e. The highest BCUT2D eigenvalue weighted by atomic mass is 19.2. The molecule has 4 heteroatoms. The van der Waals surface area contributed by atoms with E-state index in [1.54, 1.807) is 13.0 Å². The summed E-state index contributed by atoms with van der Waals surface area (Å²) in [6.07, 6.45) is 0. The van der Waals surface area contributed by atoms with Gasteiger partial charge in [-0.25, -0.2) is 13.2 Å². The second-order valence-electron chi connectivity index (χ2n) is 4.05. The van der Waals surface area contributed by atoms with Crippen LogP contribution in [0.15, 0.2) is 36.4 Å². The van der Waals surface area contributed by atoms with Gasteiger partial charge in [0.2, 0.25) is 0 Å². The van der Waals surface area contributed by atoms with Gasteiger partial charge in [-0.15, -0.1) is 0 Å². The minimum absolute atomic E-state index is 0.288. The smallest absolute Gasteiger partial charge is 0.160 e. The fraction of sp³-hybridized carbons (Fsp3) is 0.143. The standard InChI is InChI=1S/C14H12F3N/c1-9-6-11(15)3-2-10(9)8-18-12-4-5-13(16)14(17)7-12/h2-7,18H,8H2,1H3. The van der Waals surface area contributed by atoms with Gasteiger partial charge in [-0.2, -0.15) is 0 Å². The van der Waals surface area contributed by atoms with Gasteiger partial charge in [-0.05, 0) is 42.3 Å². The van der Waals surface area contributed by atoms with Crippen LogP contribution in [-0.2, 0) is 6.54 Å². The van der Waals surface area contributed by atoms with Crippen LogP contribution in [0.5, 0.6) is 0 Å². The van der Waals surface area contributed by atoms with Crippen LogP contribution >= 0.6 is 0 Å². The molecular formula is C14H12F3N.